The van der Waals surface area contributed by atoms with Crippen LogP contribution in [0.3, 0.4) is 0 Å². The Morgan fingerprint density at radius 1 is 1.30 bits per heavy atom. The summed E-state index contributed by atoms with van der Waals surface area (Å²) in [7, 11) is 0. The molecule has 0 bridgehead atoms. The molecule has 0 saturated heterocycles. The Balaban J connectivity index is 1.96. The summed E-state index contributed by atoms with van der Waals surface area (Å²) in [5, 5.41) is 0. The molecular weight excluding hydrogens is 255 g/mol. The number of nitrogens with one attached hydrogen (secondary N) is 2. The molecular formula is C16H21FN2O. The molecule has 108 valence electrons. The summed E-state index contributed by atoms with van der Waals surface area (Å²) in [4.78, 5) is 11.9. The zero-order chi connectivity index (χ0) is 14.8. The number of hydrogen-bond donors (Lipinski definition) is 2. The van der Waals surface area contributed by atoms with Crippen LogP contribution in [0.15, 0.2) is 36.0 Å². The van der Waals surface area contributed by atoms with Crippen LogP contribution >= 0.6 is 0 Å². The average Bonchev–Trinajstić information content (AvgIpc) is 2.34. The molecule has 0 radical (unpaired) electrons. The third-order valence-electron chi connectivity index (χ3n) is 3.45. The predicted octanol–water partition coefficient (Wildman–Crippen LogP) is 3.40. The molecule has 4 heteroatoms. The second-order valence-electron chi connectivity index (χ2n) is 6.26. The molecule has 2 N–H and O–H groups in total. The van der Waals surface area contributed by atoms with Gasteiger partial charge in [-0.2, -0.15) is 0 Å². The molecule has 0 aromatic heterocycles. The van der Waals surface area contributed by atoms with Crippen molar-refractivity contribution in [2.45, 2.75) is 33.6 Å². The Morgan fingerprint density at radius 2 is 1.95 bits per heavy atom. The zero-order valence-electron chi connectivity index (χ0n) is 12.2. The Bertz CT molecular complexity index is 520. The van der Waals surface area contributed by atoms with Gasteiger partial charge in [-0.15, -0.1) is 0 Å². The topological polar surface area (TPSA) is 41.1 Å². The number of hydrogen-bond acceptors (Lipinski definition) is 2. The van der Waals surface area contributed by atoms with Gasteiger partial charge >= 0.3 is 0 Å². The zero-order valence-corrected chi connectivity index (χ0v) is 12.2. The fraction of sp³-hybridized carbons (Fsp3) is 0.438. The van der Waals surface area contributed by atoms with Crippen molar-refractivity contribution in [2.75, 3.05) is 0 Å². The third kappa shape index (κ3) is 3.83. The second-order valence-corrected chi connectivity index (χ2v) is 6.26. The Hall–Kier alpha value is -1.84. The third-order valence-corrected chi connectivity index (χ3v) is 3.45. The maximum absolute atomic E-state index is 12.8. The summed E-state index contributed by atoms with van der Waals surface area (Å²) >= 11 is 0. The highest BCUT2D eigenvalue weighted by molar-refractivity contribution is 5.93. The average molecular weight is 276 g/mol. The van der Waals surface area contributed by atoms with Crippen LogP contribution in [0, 0.1) is 17.2 Å². The molecule has 0 spiro atoms. The van der Waals surface area contributed by atoms with Crippen molar-refractivity contribution in [1.29, 1.82) is 0 Å². The number of carbonyl (C=O) groups is 1. The Morgan fingerprint density at radius 3 is 2.55 bits per heavy atom. The van der Waals surface area contributed by atoms with E-state index in [1.165, 1.54) is 24.3 Å². The molecule has 0 aliphatic heterocycles. The number of benzene rings is 1. The van der Waals surface area contributed by atoms with Gasteiger partial charge in [-0.05, 0) is 48.4 Å². The number of halogens is 1. The monoisotopic (exact) mass is 276 g/mol. The van der Waals surface area contributed by atoms with Gasteiger partial charge in [0, 0.05) is 11.3 Å². The summed E-state index contributed by atoms with van der Waals surface area (Å²) < 4.78 is 12.8. The van der Waals surface area contributed by atoms with E-state index in [0.29, 0.717) is 11.5 Å². The van der Waals surface area contributed by atoms with Crippen LogP contribution in [0.2, 0.25) is 0 Å². The first-order chi connectivity index (χ1) is 9.35. The molecule has 1 aromatic rings. The van der Waals surface area contributed by atoms with Gasteiger partial charge in [-0.3, -0.25) is 10.2 Å². The van der Waals surface area contributed by atoms with Crippen molar-refractivity contribution in [3.63, 3.8) is 0 Å². The summed E-state index contributed by atoms with van der Waals surface area (Å²) in [5.74, 6) is -0.0257. The van der Waals surface area contributed by atoms with Gasteiger partial charge in [0.25, 0.3) is 5.91 Å². The molecule has 3 nitrogen and oxygen atoms in total. The van der Waals surface area contributed by atoms with Gasteiger partial charge in [-0.25, -0.2) is 4.39 Å². The van der Waals surface area contributed by atoms with Gasteiger partial charge < -0.3 is 5.43 Å². The van der Waals surface area contributed by atoms with E-state index in [1.54, 1.807) is 0 Å². The molecule has 0 fully saturated rings. The largest absolute Gasteiger partial charge is 0.303 e. The van der Waals surface area contributed by atoms with E-state index in [1.807, 2.05) is 0 Å². The number of rotatable bonds is 3. The molecule has 1 aliphatic rings. The SMILES string of the molecule is CC1CC(NNC(=O)c2ccc(F)cc2)=CC(C)(C)C1. The van der Waals surface area contributed by atoms with Gasteiger partial charge in [-0.1, -0.05) is 26.8 Å². The van der Waals surface area contributed by atoms with Crippen molar-refractivity contribution >= 4 is 5.91 Å². The Labute approximate surface area is 119 Å². The fourth-order valence-electron chi connectivity index (χ4n) is 2.83. The molecule has 0 saturated carbocycles. The van der Waals surface area contributed by atoms with Crippen LogP contribution in [0.5, 0.6) is 0 Å². The smallest absolute Gasteiger partial charge is 0.269 e. The van der Waals surface area contributed by atoms with E-state index in [4.69, 9.17) is 0 Å². The van der Waals surface area contributed by atoms with Crippen LogP contribution in [0.4, 0.5) is 4.39 Å². The van der Waals surface area contributed by atoms with Gasteiger partial charge in [0.05, 0.1) is 0 Å². The molecule has 2 rings (SSSR count). The summed E-state index contributed by atoms with van der Waals surface area (Å²) in [6.45, 7) is 6.58. The minimum absolute atomic E-state index is 0.139. The molecule has 1 unspecified atom stereocenters. The van der Waals surface area contributed by atoms with Gasteiger partial charge in [0.15, 0.2) is 0 Å². The van der Waals surface area contributed by atoms with E-state index in [9.17, 15) is 9.18 Å². The second kappa shape index (κ2) is 5.65. The van der Waals surface area contributed by atoms with Crippen molar-refractivity contribution < 1.29 is 9.18 Å². The molecule has 20 heavy (non-hydrogen) atoms. The first kappa shape index (κ1) is 14.6. The predicted molar refractivity (Wildman–Crippen MR) is 77.3 cm³/mol. The standard InChI is InChI=1S/C16H21FN2O/c1-11-8-14(10-16(2,3)9-11)18-19-15(20)12-4-6-13(17)7-5-12/h4-7,10-11,18H,8-9H2,1-3H3,(H,19,20). The normalized spacial score (nSPS) is 21.0. The summed E-state index contributed by atoms with van der Waals surface area (Å²) in [6, 6.07) is 5.49. The number of allylic oxidation sites excluding steroid dienone is 2. The van der Waals surface area contributed by atoms with E-state index in [0.717, 1.165) is 18.5 Å². The van der Waals surface area contributed by atoms with Crippen LogP contribution in [0.25, 0.3) is 0 Å². The van der Waals surface area contributed by atoms with Crippen LogP contribution in [-0.4, -0.2) is 5.91 Å². The quantitative estimate of drug-likeness (QED) is 0.831. The van der Waals surface area contributed by atoms with E-state index in [-0.39, 0.29) is 17.1 Å². The van der Waals surface area contributed by atoms with E-state index < -0.39 is 0 Å². The number of carbonyl (C=O) groups excluding carboxylic acids is 1. The molecule has 1 amide bonds. The van der Waals surface area contributed by atoms with E-state index in [2.05, 4.69) is 37.7 Å². The summed E-state index contributed by atoms with van der Waals surface area (Å²) in [6.07, 6.45) is 4.23. The van der Waals surface area contributed by atoms with Crippen molar-refractivity contribution in [2.24, 2.45) is 11.3 Å². The lowest BCUT2D eigenvalue weighted by atomic mass is 9.76. The first-order valence-corrected chi connectivity index (χ1v) is 6.89. The van der Waals surface area contributed by atoms with E-state index >= 15 is 0 Å². The fourth-order valence-corrected chi connectivity index (χ4v) is 2.83. The highest BCUT2D eigenvalue weighted by Crippen LogP contribution is 2.35. The van der Waals surface area contributed by atoms with Gasteiger partial charge in [0.1, 0.15) is 5.82 Å². The minimum atomic E-state index is -0.347. The van der Waals surface area contributed by atoms with Crippen molar-refractivity contribution in [1.82, 2.24) is 10.9 Å². The maximum atomic E-state index is 12.8. The lowest BCUT2D eigenvalue weighted by Gasteiger charge is -2.32. The van der Waals surface area contributed by atoms with Crippen molar-refractivity contribution in [3.8, 4) is 0 Å². The maximum Gasteiger partial charge on any atom is 0.269 e. The van der Waals surface area contributed by atoms with Crippen LogP contribution in [-0.2, 0) is 0 Å². The number of amides is 1. The van der Waals surface area contributed by atoms with Gasteiger partial charge in [0.2, 0.25) is 0 Å². The molecule has 1 atom stereocenters. The van der Waals surface area contributed by atoms with Crippen LogP contribution in [0.1, 0.15) is 44.0 Å². The summed E-state index contributed by atoms with van der Waals surface area (Å²) in [5.41, 5.74) is 7.26. The highest BCUT2D eigenvalue weighted by Gasteiger charge is 2.25. The molecule has 1 aliphatic carbocycles. The molecule has 1 aromatic carbocycles. The number of hydrazine groups is 1. The van der Waals surface area contributed by atoms with Crippen LogP contribution < -0.4 is 10.9 Å². The van der Waals surface area contributed by atoms with Crippen molar-refractivity contribution in [3.05, 3.63) is 47.4 Å². The lowest BCUT2D eigenvalue weighted by Crippen LogP contribution is -2.39. The molecule has 0 heterocycles. The minimum Gasteiger partial charge on any atom is -0.303 e. The first-order valence-electron chi connectivity index (χ1n) is 6.89. The lowest BCUT2D eigenvalue weighted by molar-refractivity contribution is 0.0936. The Kier molecular flexibility index (Phi) is 4.12. The highest BCUT2D eigenvalue weighted by atomic mass is 19.1.